The average Bonchev–Trinajstić information content (AvgIpc) is 2.95. The minimum absolute atomic E-state index is 0.0177. The molecule has 2 aromatic carbocycles. The molecule has 0 saturated carbocycles. The number of nitro groups is 1. The van der Waals surface area contributed by atoms with Crippen molar-refractivity contribution in [2.45, 2.75) is 23.8 Å². The van der Waals surface area contributed by atoms with Gasteiger partial charge in [0.15, 0.2) is 0 Å². The van der Waals surface area contributed by atoms with Gasteiger partial charge in [0.25, 0.3) is 5.69 Å². The van der Waals surface area contributed by atoms with Gasteiger partial charge in [-0.25, -0.2) is 13.1 Å². The maximum atomic E-state index is 12.9. The maximum absolute atomic E-state index is 12.9. The summed E-state index contributed by atoms with van der Waals surface area (Å²) in [6, 6.07) is 8.80. The number of aromatic nitrogens is 1. The summed E-state index contributed by atoms with van der Waals surface area (Å²) in [6.45, 7) is 1.79. The Morgan fingerprint density at radius 2 is 1.90 bits per heavy atom. The van der Waals surface area contributed by atoms with E-state index in [9.17, 15) is 27.3 Å². The Morgan fingerprint density at radius 1 is 1.23 bits per heavy atom. The summed E-state index contributed by atoms with van der Waals surface area (Å²) < 4.78 is 57.4. The number of nitro benzene ring substituents is 1. The summed E-state index contributed by atoms with van der Waals surface area (Å²) in [7, 11) is -3.88. The summed E-state index contributed by atoms with van der Waals surface area (Å²) in [5, 5.41) is 11.3. The summed E-state index contributed by atoms with van der Waals surface area (Å²) >= 11 is 4.81. The van der Waals surface area contributed by atoms with E-state index in [4.69, 9.17) is 11.6 Å². The van der Waals surface area contributed by atoms with Crippen molar-refractivity contribution in [3.63, 3.8) is 0 Å². The molecule has 3 rings (SSSR count). The first-order valence-electron chi connectivity index (χ1n) is 8.57. The Hall–Kier alpha value is -2.76. The molecule has 30 heavy (non-hydrogen) atoms. The number of nitrogens with zero attached hydrogens (tertiary/aromatic N) is 1. The third kappa shape index (κ3) is 5.04. The monoisotopic (exact) mass is 459 g/mol. The normalized spacial score (nSPS) is 12.3. The largest absolute Gasteiger partial charge is 0.487 e. The number of ether oxygens (including phenoxy) is 1. The molecule has 0 atom stereocenters. The van der Waals surface area contributed by atoms with E-state index in [1.165, 1.54) is 12.1 Å². The molecule has 0 spiro atoms. The average molecular weight is 460 g/mol. The van der Waals surface area contributed by atoms with Gasteiger partial charge in [-0.2, -0.15) is 0 Å². The van der Waals surface area contributed by atoms with Crippen molar-refractivity contribution in [1.29, 1.82) is 0 Å². The van der Waals surface area contributed by atoms with E-state index in [0.717, 1.165) is 35.5 Å². The minimum Gasteiger partial charge on any atom is -0.420 e. The van der Waals surface area contributed by atoms with Crippen LogP contribution in [-0.4, -0.2) is 30.4 Å². The van der Waals surface area contributed by atoms with Crippen molar-refractivity contribution in [2.24, 2.45) is 0 Å². The molecular weight excluding hydrogens is 444 g/mol. The molecule has 1 aromatic heterocycles. The molecule has 8 nitrogen and oxygen atoms in total. The van der Waals surface area contributed by atoms with Gasteiger partial charge in [-0.1, -0.05) is 0 Å². The fourth-order valence-corrected chi connectivity index (χ4v) is 4.14. The molecule has 0 aliphatic carbocycles. The number of nitrogens with one attached hydrogen (secondary N) is 2. The van der Waals surface area contributed by atoms with Crippen LogP contribution in [0.1, 0.15) is 11.3 Å². The second-order valence-corrected chi connectivity index (χ2v) is 8.59. The quantitative estimate of drug-likeness (QED) is 0.299. The highest BCUT2D eigenvalue weighted by Crippen LogP contribution is 2.30. The standard InChI is InChI=1S/C18H16ClF2N3O5S/c1-11-15(16-10-13(29-18(19,20)21)4-7-17(16)23-11)8-9-22-30(27,28)14-5-2-12(3-6-14)24(25)26/h2-7,10,22-23H,8-9H2,1H3. The SMILES string of the molecule is Cc1[nH]c2ccc(OC(F)(F)Cl)cc2c1CCNS(=O)(=O)c1ccc([N+](=O)[O-])cc1. The predicted octanol–water partition coefficient (Wildman–Crippen LogP) is 4.07. The first kappa shape index (κ1) is 21.9. The molecule has 0 aliphatic rings. The van der Waals surface area contributed by atoms with E-state index >= 15 is 0 Å². The summed E-state index contributed by atoms with van der Waals surface area (Å²) in [5.41, 5.74) is -1.93. The van der Waals surface area contributed by atoms with E-state index in [0.29, 0.717) is 10.9 Å². The molecule has 0 saturated heterocycles. The van der Waals surface area contributed by atoms with Gasteiger partial charge < -0.3 is 9.72 Å². The lowest BCUT2D eigenvalue weighted by Crippen LogP contribution is -2.26. The highest BCUT2D eigenvalue weighted by Gasteiger charge is 2.28. The van der Waals surface area contributed by atoms with Crippen LogP contribution in [0.5, 0.6) is 5.75 Å². The Balaban J connectivity index is 1.75. The van der Waals surface area contributed by atoms with Crippen LogP contribution >= 0.6 is 11.6 Å². The minimum atomic E-state index is -3.88. The number of hydrogen-bond donors (Lipinski definition) is 2. The van der Waals surface area contributed by atoms with Crippen molar-refractivity contribution in [1.82, 2.24) is 9.71 Å². The zero-order valence-electron chi connectivity index (χ0n) is 15.5. The summed E-state index contributed by atoms with van der Waals surface area (Å²) in [5.74, 6) is -0.130. The highest BCUT2D eigenvalue weighted by atomic mass is 35.5. The topological polar surface area (TPSA) is 114 Å². The number of hydrogen-bond acceptors (Lipinski definition) is 5. The van der Waals surface area contributed by atoms with Crippen LogP contribution in [0, 0.1) is 17.0 Å². The zero-order chi connectivity index (χ0) is 22.1. The van der Waals surface area contributed by atoms with Crippen molar-refractivity contribution >= 4 is 38.2 Å². The first-order chi connectivity index (χ1) is 14.0. The Morgan fingerprint density at radius 3 is 2.50 bits per heavy atom. The molecule has 0 bridgehead atoms. The predicted molar refractivity (Wildman–Crippen MR) is 106 cm³/mol. The molecule has 3 aromatic rings. The number of halogens is 3. The first-order valence-corrected chi connectivity index (χ1v) is 10.4. The fraction of sp³-hybridized carbons (Fsp3) is 0.222. The van der Waals surface area contributed by atoms with Gasteiger partial charge in [-0.15, -0.1) is 8.78 Å². The number of aromatic amines is 1. The van der Waals surface area contributed by atoms with Gasteiger partial charge in [0.1, 0.15) is 5.75 Å². The van der Waals surface area contributed by atoms with Crippen molar-refractivity contribution < 1.29 is 26.9 Å². The van der Waals surface area contributed by atoms with E-state index in [-0.39, 0.29) is 29.3 Å². The van der Waals surface area contributed by atoms with Gasteiger partial charge in [-0.3, -0.25) is 10.1 Å². The van der Waals surface area contributed by atoms with E-state index < -0.39 is 20.5 Å². The molecular formula is C18H16ClF2N3O5S. The van der Waals surface area contributed by atoms with Crippen LogP contribution in [0.25, 0.3) is 10.9 Å². The van der Waals surface area contributed by atoms with Crippen molar-refractivity contribution in [3.8, 4) is 5.75 Å². The lowest BCUT2D eigenvalue weighted by Gasteiger charge is -2.11. The van der Waals surface area contributed by atoms with Gasteiger partial charge in [0.05, 0.1) is 9.82 Å². The van der Waals surface area contributed by atoms with Gasteiger partial charge >= 0.3 is 5.57 Å². The number of fused-ring (bicyclic) bond motifs is 1. The van der Waals surface area contributed by atoms with Crippen LogP contribution in [0.2, 0.25) is 0 Å². The molecule has 0 fully saturated rings. The molecule has 1 heterocycles. The van der Waals surface area contributed by atoms with Gasteiger partial charge in [-0.05, 0) is 49.2 Å². The number of sulfonamides is 1. The highest BCUT2D eigenvalue weighted by molar-refractivity contribution is 7.89. The van der Waals surface area contributed by atoms with Gasteiger partial charge in [0, 0.05) is 46.9 Å². The van der Waals surface area contributed by atoms with E-state index in [1.807, 2.05) is 0 Å². The number of aryl methyl sites for hydroxylation is 1. The van der Waals surface area contributed by atoms with Crippen LogP contribution in [0.3, 0.4) is 0 Å². The van der Waals surface area contributed by atoms with Crippen LogP contribution < -0.4 is 9.46 Å². The molecule has 12 heteroatoms. The van der Waals surface area contributed by atoms with Crippen molar-refractivity contribution in [2.75, 3.05) is 6.54 Å². The smallest absolute Gasteiger partial charge is 0.420 e. The molecule has 2 N–H and O–H groups in total. The second-order valence-electron chi connectivity index (χ2n) is 6.38. The van der Waals surface area contributed by atoms with Crippen molar-refractivity contribution in [3.05, 3.63) is 63.8 Å². The second kappa shape index (κ2) is 8.17. The number of benzene rings is 2. The summed E-state index contributed by atoms with van der Waals surface area (Å²) in [4.78, 5) is 13.0. The molecule has 160 valence electrons. The Bertz CT molecular complexity index is 1190. The number of H-pyrrole nitrogens is 1. The lowest BCUT2D eigenvalue weighted by atomic mass is 10.1. The third-order valence-electron chi connectivity index (χ3n) is 4.35. The molecule has 0 amide bonds. The fourth-order valence-electron chi connectivity index (χ4n) is 3.02. The zero-order valence-corrected chi connectivity index (χ0v) is 17.1. The number of rotatable bonds is 8. The molecule has 0 unspecified atom stereocenters. The van der Waals surface area contributed by atoms with E-state index in [1.54, 1.807) is 13.0 Å². The maximum Gasteiger partial charge on any atom is 0.487 e. The summed E-state index contributed by atoms with van der Waals surface area (Å²) in [6.07, 6.45) is 0.263. The molecule has 0 radical (unpaired) electrons. The van der Waals surface area contributed by atoms with Crippen LogP contribution in [0.4, 0.5) is 14.5 Å². The Labute approximate surface area is 175 Å². The lowest BCUT2D eigenvalue weighted by molar-refractivity contribution is -0.384. The Kier molecular flexibility index (Phi) is 5.97. The molecule has 0 aliphatic heterocycles. The van der Waals surface area contributed by atoms with Crippen LogP contribution in [0.15, 0.2) is 47.4 Å². The third-order valence-corrected chi connectivity index (χ3v) is 5.90. The number of alkyl halides is 3. The van der Waals surface area contributed by atoms with Crippen LogP contribution in [-0.2, 0) is 16.4 Å². The van der Waals surface area contributed by atoms with E-state index in [2.05, 4.69) is 14.4 Å². The number of non-ortho nitro benzene ring substituents is 1. The van der Waals surface area contributed by atoms with Gasteiger partial charge in [0.2, 0.25) is 10.0 Å².